The van der Waals surface area contributed by atoms with Gasteiger partial charge in [-0.25, -0.2) is 4.39 Å². The highest BCUT2D eigenvalue weighted by Crippen LogP contribution is 2.39. The summed E-state index contributed by atoms with van der Waals surface area (Å²) in [5.74, 6) is 1.12. The summed E-state index contributed by atoms with van der Waals surface area (Å²) in [7, 11) is 2.99. The number of aromatic nitrogens is 1. The van der Waals surface area contributed by atoms with Crippen LogP contribution in [-0.4, -0.2) is 19.4 Å². The van der Waals surface area contributed by atoms with Crippen LogP contribution in [0.4, 0.5) is 10.3 Å². The molecule has 0 amide bonds. The minimum Gasteiger partial charge on any atom is -0.496 e. The smallest absolute Gasteiger partial charge is 0.222 e. The standard InChI is InChI=1S/C13H15FN2O3/c1-7(14)8-4-9(10-5-13(15)19-16-10)12(18-3)6-11(8)17-2/h4-7H,15H2,1-3H3. The van der Waals surface area contributed by atoms with Gasteiger partial charge in [0.1, 0.15) is 23.4 Å². The third-order valence-corrected chi connectivity index (χ3v) is 2.78. The van der Waals surface area contributed by atoms with E-state index in [1.165, 1.54) is 21.1 Å². The molecule has 0 aliphatic heterocycles. The van der Waals surface area contributed by atoms with Crippen LogP contribution in [0.25, 0.3) is 11.3 Å². The highest BCUT2D eigenvalue weighted by atomic mass is 19.1. The number of nitrogens with two attached hydrogens (primary N) is 1. The Labute approximate surface area is 110 Å². The first-order chi connectivity index (χ1) is 9.06. The average molecular weight is 266 g/mol. The predicted octanol–water partition coefficient (Wildman–Crippen LogP) is 2.97. The molecule has 1 heterocycles. The van der Waals surface area contributed by atoms with Crippen LogP contribution in [0.1, 0.15) is 18.7 Å². The van der Waals surface area contributed by atoms with Crippen molar-refractivity contribution in [2.24, 2.45) is 0 Å². The van der Waals surface area contributed by atoms with E-state index < -0.39 is 6.17 Å². The van der Waals surface area contributed by atoms with E-state index in [-0.39, 0.29) is 5.88 Å². The zero-order valence-electron chi connectivity index (χ0n) is 10.9. The Morgan fingerprint density at radius 2 is 1.89 bits per heavy atom. The first-order valence-electron chi connectivity index (χ1n) is 5.69. The normalized spacial score (nSPS) is 12.2. The lowest BCUT2D eigenvalue weighted by molar-refractivity contribution is 0.343. The summed E-state index contributed by atoms with van der Waals surface area (Å²) in [5, 5.41) is 3.81. The third-order valence-electron chi connectivity index (χ3n) is 2.78. The minimum absolute atomic E-state index is 0.183. The van der Waals surface area contributed by atoms with Crippen LogP contribution in [-0.2, 0) is 0 Å². The molecule has 0 spiro atoms. The lowest BCUT2D eigenvalue weighted by Crippen LogP contribution is -1.97. The SMILES string of the molecule is COc1cc(OC)c(C(C)F)cc1-c1cc(N)on1. The molecule has 0 aliphatic carbocycles. The van der Waals surface area contributed by atoms with E-state index in [0.29, 0.717) is 28.3 Å². The average Bonchev–Trinajstić information content (AvgIpc) is 2.83. The number of hydrogen-bond acceptors (Lipinski definition) is 5. The van der Waals surface area contributed by atoms with E-state index in [9.17, 15) is 4.39 Å². The van der Waals surface area contributed by atoms with E-state index in [4.69, 9.17) is 19.7 Å². The summed E-state index contributed by atoms with van der Waals surface area (Å²) in [5.41, 5.74) is 6.99. The highest BCUT2D eigenvalue weighted by Gasteiger charge is 2.18. The molecule has 0 saturated heterocycles. The molecule has 0 bridgehead atoms. The number of nitrogens with zero attached hydrogens (tertiary/aromatic N) is 1. The van der Waals surface area contributed by atoms with Crippen molar-refractivity contribution in [3.63, 3.8) is 0 Å². The lowest BCUT2D eigenvalue weighted by atomic mass is 10.0. The number of rotatable bonds is 4. The zero-order valence-corrected chi connectivity index (χ0v) is 10.9. The monoisotopic (exact) mass is 266 g/mol. The number of ether oxygens (including phenoxy) is 2. The first-order valence-corrected chi connectivity index (χ1v) is 5.69. The molecule has 1 atom stereocenters. The van der Waals surface area contributed by atoms with Crippen molar-refractivity contribution < 1.29 is 18.4 Å². The Balaban J connectivity index is 2.62. The van der Waals surface area contributed by atoms with Gasteiger partial charge in [0.2, 0.25) is 5.88 Å². The van der Waals surface area contributed by atoms with Gasteiger partial charge < -0.3 is 19.7 Å². The van der Waals surface area contributed by atoms with Crippen molar-refractivity contribution in [1.29, 1.82) is 0 Å². The number of methoxy groups -OCH3 is 2. The molecule has 1 aromatic heterocycles. The van der Waals surface area contributed by atoms with E-state index >= 15 is 0 Å². The van der Waals surface area contributed by atoms with Gasteiger partial charge in [0.05, 0.1) is 14.2 Å². The van der Waals surface area contributed by atoms with Crippen molar-refractivity contribution in [3.05, 3.63) is 23.8 Å². The van der Waals surface area contributed by atoms with Gasteiger partial charge in [0, 0.05) is 23.3 Å². The summed E-state index contributed by atoms with van der Waals surface area (Å²) in [6, 6.07) is 4.79. The van der Waals surface area contributed by atoms with Crippen LogP contribution < -0.4 is 15.2 Å². The van der Waals surface area contributed by atoms with E-state index in [1.807, 2.05) is 0 Å². The maximum Gasteiger partial charge on any atom is 0.222 e. The Bertz CT molecular complexity index is 581. The number of benzene rings is 1. The fourth-order valence-corrected chi connectivity index (χ4v) is 1.85. The molecule has 2 N–H and O–H groups in total. The predicted molar refractivity (Wildman–Crippen MR) is 69.0 cm³/mol. The highest BCUT2D eigenvalue weighted by molar-refractivity contribution is 5.71. The fraction of sp³-hybridized carbons (Fsp3) is 0.308. The van der Waals surface area contributed by atoms with Gasteiger partial charge in [-0.3, -0.25) is 0 Å². The van der Waals surface area contributed by atoms with Crippen molar-refractivity contribution in [3.8, 4) is 22.8 Å². The molecule has 0 radical (unpaired) electrons. The third kappa shape index (κ3) is 2.47. The minimum atomic E-state index is -1.18. The molecule has 2 rings (SSSR count). The Morgan fingerprint density at radius 1 is 1.21 bits per heavy atom. The van der Waals surface area contributed by atoms with Crippen LogP contribution >= 0.6 is 0 Å². The van der Waals surface area contributed by atoms with Crippen LogP contribution in [0.15, 0.2) is 22.7 Å². The van der Waals surface area contributed by atoms with Gasteiger partial charge in [-0.2, -0.15) is 0 Å². The van der Waals surface area contributed by atoms with E-state index in [0.717, 1.165) is 0 Å². The second-order valence-electron chi connectivity index (χ2n) is 4.02. The second kappa shape index (κ2) is 5.17. The summed E-state index contributed by atoms with van der Waals surface area (Å²) in [6.45, 7) is 1.44. The molecule has 2 aromatic rings. The Hall–Kier alpha value is -2.24. The topological polar surface area (TPSA) is 70.5 Å². The Kier molecular flexibility index (Phi) is 3.59. The molecule has 5 nitrogen and oxygen atoms in total. The summed E-state index contributed by atoms with van der Waals surface area (Å²) >= 11 is 0. The molecule has 19 heavy (non-hydrogen) atoms. The summed E-state index contributed by atoms with van der Waals surface area (Å²) < 4.78 is 28.9. The van der Waals surface area contributed by atoms with Crippen molar-refractivity contribution in [2.45, 2.75) is 13.1 Å². The zero-order chi connectivity index (χ0) is 14.0. The molecule has 1 unspecified atom stereocenters. The quantitative estimate of drug-likeness (QED) is 0.921. The first kappa shape index (κ1) is 13.2. The van der Waals surface area contributed by atoms with Gasteiger partial charge in [-0.1, -0.05) is 5.16 Å². The summed E-state index contributed by atoms with van der Waals surface area (Å²) in [6.07, 6.45) is -1.18. The van der Waals surface area contributed by atoms with Gasteiger partial charge in [-0.05, 0) is 13.0 Å². The number of anilines is 1. The number of nitrogen functional groups attached to an aromatic ring is 1. The van der Waals surface area contributed by atoms with Crippen LogP contribution in [0.2, 0.25) is 0 Å². The molecular weight excluding hydrogens is 251 g/mol. The maximum absolute atomic E-state index is 13.6. The molecular formula is C13H15FN2O3. The van der Waals surface area contributed by atoms with E-state index in [2.05, 4.69) is 5.16 Å². The Morgan fingerprint density at radius 3 is 2.37 bits per heavy atom. The van der Waals surface area contributed by atoms with Crippen LogP contribution in [0.3, 0.4) is 0 Å². The van der Waals surface area contributed by atoms with Crippen molar-refractivity contribution in [2.75, 3.05) is 20.0 Å². The molecule has 6 heteroatoms. The van der Waals surface area contributed by atoms with Crippen molar-refractivity contribution >= 4 is 5.88 Å². The number of hydrogen-bond donors (Lipinski definition) is 1. The molecule has 0 saturated carbocycles. The van der Waals surface area contributed by atoms with Gasteiger partial charge in [-0.15, -0.1) is 0 Å². The number of alkyl halides is 1. The second-order valence-corrected chi connectivity index (χ2v) is 4.02. The number of halogens is 1. The molecule has 0 fully saturated rings. The van der Waals surface area contributed by atoms with Crippen molar-refractivity contribution in [1.82, 2.24) is 5.16 Å². The summed E-state index contributed by atoms with van der Waals surface area (Å²) in [4.78, 5) is 0. The van der Waals surface area contributed by atoms with E-state index in [1.54, 1.807) is 18.2 Å². The largest absolute Gasteiger partial charge is 0.496 e. The van der Waals surface area contributed by atoms with Gasteiger partial charge >= 0.3 is 0 Å². The van der Waals surface area contributed by atoms with Crippen LogP contribution in [0, 0.1) is 0 Å². The van der Waals surface area contributed by atoms with Gasteiger partial charge in [0.25, 0.3) is 0 Å². The molecule has 1 aromatic carbocycles. The molecule has 102 valence electrons. The van der Waals surface area contributed by atoms with Gasteiger partial charge in [0.15, 0.2) is 0 Å². The van der Waals surface area contributed by atoms with Crippen LogP contribution in [0.5, 0.6) is 11.5 Å². The molecule has 0 aliphatic rings. The maximum atomic E-state index is 13.6. The lowest BCUT2D eigenvalue weighted by Gasteiger charge is -2.14. The fourth-order valence-electron chi connectivity index (χ4n) is 1.85.